The molecule has 158 valence electrons. The zero-order valence-corrected chi connectivity index (χ0v) is 16.8. The summed E-state index contributed by atoms with van der Waals surface area (Å²) >= 11 is 0. The fraction of sp³-hybridized carbons (Fsp3) is 0.609. The van der Waals surface area contributed by atoms with E-state index >= 15 is 0 Å². The second kappa shape index (κ2) is 9.74. The van der Waals surface area contributed by atoms with E-state index in [-0.39, 0.29) is 24.5 Å². The number of carbonyl (C=O) groups is 1. The summed E-state index contributed by atoms with van der Waals surface area (Å²) in [6.45, 7) is 1.02. The number of amides is 1. The molecule has 2 saturated carbocycles. The first-order valence-corrected chi connectivity index (χ1v) is 10.8. The Morgan fingerprint density at radius 3 is 2.69 bits per heavy atom. The van der Waals surface area contributed by atoms with Gasteiger partial charge < -0.3 is 24.6 Å². The van der Waals surface area contributed by atoms with Crippen LogP contribution in [0.15, 0.2) is 42.2 Å². The Balaban J connectivity index is 1.40. The predicted octanol–water partition coefficient (Wildman–Crippen LogP) is 2.73. The Kier molecular flexibility index (Phi) is 6.85. The van der Waals surface area contributed by atoms with Crippen molar-refractivity contribution in [2.75, 3.05) is 26.4 Å². The van der Waals surface area contributed by atoms with E-state index in [4.69, 9.17) is 19.3 Å². The van der Waals surface area contributed by atoms with Crippen LogP contribution in [0.3, 0.4) is 0 Å². The fourth-order valence-electron chi connectivity index (χ4n) is 4.92. The molecule has 1 amide bonds. The molecule has 5 atom stereocenters. The minimum atomic E-state index is -0.497. The fourth-order valence-corrected chi connectivity index (χ4v) is 4.92. The average molecular weight is 402 g/mol. The molecule has 1 aliphatic heterocycles. The molecule has 3 aliphatic rings. The van der Waals surface area contributed by atoms with Crippen molar-refractivity contribution in [3.63, 3.8) is 0 Å². The molecule has 29 heavy (non-hydrogen) atoms. The van der Waals surface area contributed by atoms with Gasteiger partial charge in [-0.05, 0) is 42.7 Å². The van der Waals surface area contributed by atoms with Gasteiger partial charge in [0.2, 0.25) is 6.29 Å². The van der Waals surface area contributed by atoms with E-state index < -0.39 is 6.29 Å². The lowest BCUT2D eigenvalue weighted by Crippen LogP contribution is -2.41. The van der Waals surface area contributed by atoms with Crippen molar-refractivity contribution < 1.29 is 24.1 Å². The van der Waals surface area contributed by atoms with Gasteiger partial charge >= 0.3 is 0 Å². The van der Waals surface area contributed by atoms with Crippen molar-refractivity contribution in [2.24, 2.45) is 11.8 Å². The molecule has 1 heterocycles. The van der Waals surface area contributed by atoms with Gasteiger partial charge in [-0.25, -0.2) is 0 Å². The summed E-state index contributed by atoms with van der Waals surface area (Å²) in [5.41, 5.74) is 1.14. The van der Waals surface area contributed by atoms with Crippen LogP contribution < -0.4 is 5.32 Å². The van der Waals surface area contributed by atoms with Crippen LogP contribution in [0, 0.1) is 11.8 Å². The minimum Gasteiger partial charge on any atom is -0.459 e. The lowest BCUT2D eigenvalue weighted by molar-refractivity contribution is -0.151. The van der Waals surface area contributed by atoms with Crippen molar-refractivity contribution in [3.05, 3.63) is 47.7 Å². The highest BCUT2D eigenvalue weighted by molar-refractivity contribution is 5.92. The monoisotopic (exact) mass is 401 g/mol. The lowest BCUT2D eigenvalue weighted by Gasteiger charge is -2.30. The van der Waals surface area contributed by atoms with Gasteiger partial charge in [0.25, 0.3) is 5.91 Å². The molecule has 0 spiro atoms. The number of aliphatic hydroxyl groups is 1. The van der Waals surface area contributed by atoms with Crippen molar-refractivity contribution in [1.29, 1.82) is 0 Å². The number of carbonyl (C=O) groups excluding carboxylic acids is 1. The summed E-state index contributed by atoms with van der Waals surface area (Å²) in [5.74, 6) is 1.68. The van der Waals surface area contributed by atoms with E-state index in [2.05, 4.69) is 17.4 Å². The molecule has 6 heteroatoms. The molecule has 2 fully saturated rings. The third kappa shape index (κ3) is 5.18. The molecular formula is C23H31NO5. The molecule has 0 saturated heterocycles. The second-order valence-electron chi connectivity index (χ2n) is 8.29. The normalized spacial score (nSPS) is 30.7. The van der Waals surface area contributed by atoms with Crippen LogP contribution >= 0.6 is 0 Å². The molecule has 0 aromatic heterocycles. The Bertz CT molecular complexity index is 706. The molecule has 2 bridgehead atoms. The van der Waals surface area contributed by atoms with Crippen molar-refractivity contribution in [2.45, 2.75) is 50.4 Å². The van der Waals surface area contributed by atoms with E-state index in [0.29, 0.717) is 37.9 Å². The number of nitrogens with one attached hydrogen (secondary N) is 1. The van der Waals surface area contributed by atoms with Gasteiger partial charge in [0.05, 0.1) is 26.4 Å². The van der Waals surface area contributed by atoms with Crippen LogP contribution in [-0.2, 0) is 19.0 Å². The SMILES string of the molecule is O=C(NC1CC2CCC1C2)C1=C[C@H](c2ccccc2)C[C@H](OCCOCCO)O1. The summed E-state index contributed by atoms with van der Waals surface area (Å²) in [4.78, 5) is 13.0. The maximum absolute atomic E-state index is 13.0. The highest BCUT2D eigenvalue weighted by Gasteiger charge is 2.41. The summed E-state index contributed by atoms with van der Waals surface area (Å²) < 4.78 is 17.0. The zero-order chi connectivity index (χ0) is 20.1. The number of aliphatic hydroxyl groups excluding tert-OH is 1. The summed E-state index contributed by atoms with van der Waals surface area (Å²) in [6.07, 6.45) is 6.95. The standard InChI is InChI=1S/C23H31NO5/c25-8-9-27-10-11-28-22-15-19(17-4-2-1-3-5-17)14-21(29-22)23(26)24-20-13-16-6-7-18(20)12-16/h1-5,14,16,18-20,22,25H,6-13,15H2,(H,24,26)/t16?,18?,19-,20?,22+/m0/s1. The van der Waals surface area contributed by atoms with E-state index in [1.165, 1.54) is 19.3 Å². The van der Waals surface area contributed by atoms with Crippen molar-refractivity contribution >= 4 is 5.91 Å². The zero-order valence-electron chi connectivity index (χ0n) is 16.8. The Labute approximate surface area is 172 Å². The van der Waals surface area contributed by atoms with Crippen LogP contribution in [0.5, 0.6) is 0 Å². The summed E-state index contributed by atoms with van der Waals surface area (Å²) in [5, 5.41) is 12.0. The third-order valence-electron chi connectivity index (χ3n) is 6.33. The number of benzene rings is 1. The highest BCUT2D eigenvalue weighted by Crippen LogP contribution is 2.44. The quantitative estimate of drug-likeness (QED) is 0.622. The molecule has 4 rings (SSSR count). The van der Waals surface area contributed by atoms with Crippen LogP contribution in [0.4, 0.5) is 0 Å². The Morgan fingerprint density at radius 1 is 1.10 bits per heavy atom. The molecular weight excluding hydrogens is 370 g/mol. The first kappa shape index (κ1) is 20.4. The van der Waals surface area contributed by atoms with E-state index in [1.54, 1.807) is 0 Å². The van der Waals surface area contributed by atoms with Gasteiger partial charge in [-0.3, -0.25) is 4.79 Å². The second-order valence-corrected chi connectivity index (χ2v) is 8.29. The van der Waals surface area contributed by atoms with Gasteiger partial charge in [-0.2, -0.15) is 0 Å². The van der Waals surface area contributed by atoms with Crippen LogP contribution in [0.2, 0.25) is 0 Å². The van der Waals surface area contributed by atoms with Crippen molar-refractivity contribution in [1.82, 2.24) is 5.32 Å². The van der Waals surface area contributed by atoms with E-state index in [1.807, 2.05) is 24.3 Å². The van der Waals surface area contributed by atoms with Crippen LogP contribution in [0.1, 0.15) is 43.6 Å². The van der Waals surface area contributed by atoms with E-state index in [0.717, 1.165) is 17.9 Å². The highest BCUT2D eigenvalue weighted by atomic mass is 16.7. The van der Waals surface area contributed by atoms with Crippen LogP contribution in [0.25, 0.3) is 0 Å². The van der Waals surface area contributed by atoms with Gasteiger partial charge in [-0.15, -0.1) is 0 Å². The lowest BCUT2D eigenvalue weighted by atomic mass is 9.92. The summed E-state index contributed by atoms with van der Waals surface area (Å²) in [6, 6.07) is 10.4. The number of hydrogen-bond donors (Lipinski definition) is 2. The van der Waals surface area contributed by atoms with Crippen LogP contribution in [-0.4, -0.2) is 49.8 Å². The molecule has 2 N–H and O–H groups in total. The number of fused-ring (bicyclic) bond motifs is 2. The number of rotatable bonds is 9. The number of allylic oxidation sites excluding steroid dienone is 1. The van der Waals surface area contributed by atoms with E-state index in [9.17, 15) is 4.79 Å². The molecule has 3 unspecified atom stereocenters. The minimum absolute atomic E-state index is 0.00785. The Morgan fingerprint density at radius 2 is 1.97 bits per heavy atom. The molecule has 2 aliphatic carbocycles. The van der Waals surface area contributed by atoms with Gasteiger partial charge in [0.15, 0.2) is 5.76 Å². The van der Waals surface area contributed by atoms with Gasteiger partial charge in [0.1, 0.15) is 0 Å². The van der Waals surface area contributed by atoms with Crippen molar-refractivity contribution in [3.8, 4) is 0 Å². The smallest absolute Gasteiger partial charge is 0.286 e. The maximum atomic E-state index is 13.0. The summed E-state index contributed by atoms with van der Waals surface area (Å²) in [7, 11) is 0. The molecule has 1 aromatic carbocycles. The molecule has 0 radical (unpaired) electrons. The van der Waals surface area contributed by atoms with Gasteiger partial charge in [-0.1, -0.05) is 36.8 Å². The first-order valence-electron chi connectivity index (χ1n) is 10.8. The largest absolute Gasteiger partial charge is 0.459 e. The maximum Gasteiger partial charge on any atom is 0.286 e. The molecule has 1 aromatic rings. The third-order valence-corrected chi connectivity index (χ3v) is 6.33. The first-order chi connectivity index (χ1) is 14.2. The number of hydrogen-bond acceptors (Lipinski definition) is 5. The Hall–Kier alpha value is -1.89. The topological polar surface area (TPSA) is 77.0 Å². The number of ether oxygens (including phenoxy) is 3. The van der Waals surface area contributed by atoms with Gasteiger partial charge in [0, 0.05) is 18.4 Å². The average Bonchev–Trinajstić information content (AvgIpc) is 3.37. The predicted molar refractivity (Wildman–Crippen MR) is 108 cm³/mol. The molecule has 6 nitrogen and oxygen atoms in total.